The average Bonchev–Trinajstić information content (AvgIpc) is 2.41. The third kappa shape index (κ3) is 5.29. The lowest BCUT2D eigenvalue weighted by Gasteiger charge is -2.10. The van der Waals surface area contributed by atoms with E-state index in [1.165, 1.54) is 12.1 Å². The quantitative estimate of drug-likeness (QED) is 0.781. The Balaban J connectivity index is 0.00000154. The normalized spacial score (nSPS) is 8.84. The van der Waals surface area contributed by atoms with Gasteiger partial charge in [-0.3, -0.25) is 5.32 Å². The van der Waals surface area contributed by atoms with Gasteiger partial charge in [0.15, 0.2) is 0 Å². The summed E-state index contributed by atoms with van der Waals surface area (Å²) in [6.07, 6.45) is -0.674. The molecular weight excluding hydrogens is 248 g/mol. The van der Waals surface area contributed by atoms with E-state index in [1.807, 2.05) is 13.8 Å². The number of hydrogen-bond donors (Lipinski definition) is 3. The number of benzene rings is 1. The Hall–Kier alpha value is -2.24. The molecule has 6 nitrogen and oxygen atoms in total. The van der Waals surface area contributed by atoms with E-state index < -0.39 is 12.1 Å². The van der Waals surface area contributed by atoms with Gasteiger partial charge in [0.25, 0.3) is 0 Å². The second kappa shape index (κ2) is 8.79. The molecule has 6 heteroatoms. The fourth-order valence-corrected chi connectivity index (χ4v) is 1.26. The Kier molecular flexibility index (Phi) is 7.76. The van der Waals surface area contributed by atoms with Crippen LogP contribution in [0.15, 0.2) is 18.2 Å². The monoisotopic (exact) mass is 268 g/mol. The zero-order valence-electron chi connectivity index (χ0n) is 11.6. The number of amides is 1. The number of carboxylic acid groups (broad SMARTS) is 1. The largest absolute Gasteiger partial charge is 0.478 e. The maximum Gasteiger partial charge on any atom is 0.411 e. The number of aromatic carboxylic acids is 1. The number of carboxylic acids is 1. The Morgan fingerprint density at radius 3 is 2.42 bits per heavy atom. The van der Waals surface area contributed by atoms with Crippen molar-refractivity contribution in [2.24, 2.45) is 0 Å². The molecule has 0 atom stereocenters. The van der Waals surface area contributed by atoms with Crippen LogP contribution in [0.4, 0.5) is 16.2 Å². The summed E-state index contributed by atoms with van der Waals surface area (Å²) >= 11 is 0. The van der Waals surface area contributed by atoms with Gasteiger partial charge in [-0.25, -0.2) is 9.59 Å². The van der Waals surface area contributed by atoms with Gasteiger partial charge in [0, 0.05) is 12.7 Å². The van der Waals surface area contributed by atoms with E-state index in [1.54, 1.807) is 20.0 Å². The number of ether oxygens (including phenoxy) is 1. The second-order valence-electron chi connectivity index (χ2n) is 3.16. The van der Waals surface area contributed by atoms with Crippen molar-refractivity contribution in [1.82, 2.24) is 0 Å². The molecule has 0 unspecified atom stereocenters. The van der Waals surface area contributed by atoms with Crippen molar-refractivity contribution in [2.75, 3.05) is 24.3 Å². The van der Waals surface area contributed by atoms with Crippen LogP contribution in [0.5, 0.6) is 0 Å². The fourth-order valence-electron chi connectivity index (χ4n) is 1.26. The summed E-state index contributed by atoms with van der Waals surface area (Å²) in [5, 5.41) is 14.2. The van der Waals surface area contributed by atoms with E-state index in [2.05, 4.69) is 15.4 Å². The maximum absolute atomic E-state index is 11.2. The minimum absolute atomic E-state index is 0.00454. The van der Waals surface area contributed by atoms with Crippen LogP contribution in [0.25, 0.3) is 0 Å². The first kappa shape index (κ1) is 16.8. The van der Waals surface area contributed by atoms with Gasteiger partial charge in [-0.05, 0) is 25.1 Å². The Morgan fingerprint density at radius 2 is 1.95 bits per heavy atom. The topological polar surface area (TPSA) is 87.7 Å². The zero-order valence-corrected chi connectivity index (χ0v) is 11.6. The van der Waals surface area contributed by atoms with Crippen molar-refractivity contribution in [1.29, 1.82) is 0 Å². The smallest absolute Gasteiger partial charge is 0.411 e. The van der Waals surface area contributed by atoms with Crippen LogP contribution < -0.4 is 10.6 Å². The molecule has 1 aromatic carbocycles. The third-order valence-electron chi connectivity index (χ3n) is 2.05. The Morgan fingerprint density at radius 1 is 1.32 bits per heavy atom. The number of rotatable bonds is 4. The number of nitrogens with one attached hydrogen (secondary N) is 2. The first-order chi connectivity index (χ1) is 9.08. The van der Waals surface area contributed by atoms with Gasteiger partial charge < -0.3 is 15.2 Å². The molecule has 0 bridgehead atoms. The number of hydrogen-bond acceptors (Lipinski definition) is 4. The maximum atomic E-state index is 11.2. The highest BCUT2D eigenvalue weighted by Gasteiger charge is 2.13. The van der Waals surface area contributed by atoms with E-state index in [4.69, 9.17) is 5.11 Å². The van der Waals surface area contributed by atoms with E-state index >= 15 is 0 Å². The van der Waals surface area contributed by atoms with Gasteiger partial charge in [-0.1, -0.05) is 13.8 Å². The molecule has 0 aliphatic carbocycles. The highest BCUT2D eigenvalue weighted by molar-refractivity contribution is 5.99. The Bertz CT molecular complexity index is 433. The van der Waals surface area contributed by atoms with Crippen molar-refractivity contribution in [3.8, 4) is 0 Å². The van der Waals surface area contributed by atoms with Crippen LogP contribution >= 0.6 is 0 Å². The molecule has 0 aromatic heterocycles. The molecule has 0 heterocycles. The average molecular weight is 268 g/mol. The summed E-state index contributed by atoms with van der Waals surface area (Å²) in [6, 6.07) is 4.60. The second-order valence-corrected chi connectivity index (χ2v) is 3.16. The molecule has 1 amide bonds. The standard InChI is InChI=1S/C11H14N2O4.C2H6/c1-3-17-11(16)13-9-5-4-7(12-2)6-8(9)10(14)15;1-2/h4-6,12H,3H2,1-2H3,(H,13,16)(H,14,15);1-2H3. The van der Waals surface area contributed by atoms with Crippen molar-refractivity contribution in [3.05, 3.63) is 23.8 Å². The molecule has 1 aromatic rings. The number of carbonyl (C=O) groups is 2. The highest BCUT2D eigenvalue weighted by atomic mass is 16.5. The summed E-state index contributed by atoms with van der Waals surface area (Å²) < 4.78 is 4.68. The summed E-state index contributed by atoms with van der Waals surface area (Å²) in [4.78, 5) is 22.2. The molecule has 0 saturated heterocycles. The summed E-state index contributed by atoms with van der Waals surface area (Å²) in [5.74, 6) is -1.12. The minimum atomic E-state index is -1.12. The third-order valence-corrected chi connectivity index (χ3v) is 2.05. The molecule has 0 saturated carbocycles. The predicted octanol–water partition coefficient (Wildman–Crippen LogP) is 3.02. The molecule has 1 rings (SSSR count). The van der Waals surface area contributed by atoms with E-state index in [9.17, 15) is 9.59 Å². The van der Waals surface area contributed by atoms with Crippen LogP contribution in [-0.4, -0.2) is 30.8 Å². The van der Waals surface area contributed by atoms with Gasteiger partial charge in [0.2, 0.25) is 0 Å². The van der Waals surface area contributed by atoms with Gasteiger partial charge in [0.1, 0.15) is 0 Å². The molecular formula is C13H20N2O4. The predicted molar refractivity (Wildman–Crippen MR) is 74.9 cm³/mol. The van der Waals surface area contributed by atoms with Crippen molar-refractivity contribution >= 4 is 23.4 Å². The molecule has 0 spiro atoms. The van der Waals surface area contributed by atoms with E-state index in [0.717, 1.165) is 0 Å². The fraction of sp³-hybridized carbons (Fsp3) is 0.385. The molecule has 0 aliphatic heterocycles. The molecule has 0 radical (unpaired) electrons. The van der Waals surface area contributed by atoms with Crippen molar-refractivity contribution in [2.45, 2.75) is 20.8 Å². The molecule has 0 fully saturated rings. The first-order valence-electron chi connectivity index (χ1n) is 6.07. The van der Waals surface area contributed by atoms with E-state index in [0.29, 0.717) is 5.69 Å². The molecule has 0 aliphatic rings. The van der Waals surface area contributed by atoms with Gasteiger partial charge in [-0.2, -0.15) is 0 Å². The minimum Gasteiger partial charge on any atom is -0.478 e. The summed E-state index contributed by atoms with van der Waals surface area (Å²) in [6.45, 7) is 5.89. The van der Waals surface area contributed by atoms with Crippen LogP contribution in [0.2, 0.25) is 0 Å². The lowest BCUT2D eigenvalue weighted by atomic mass is 10.1. The zero-order chi connectivity index (χ0) is 14.8. The van der Waals surface area contributed by atoms with Crippen molar-refractivity contribution < 1.29 is 19.4 Å². The first-order valence-corrected chi connectivity index (χ1v) is 6.07. The molecule has 19 heavy (non-hydrogen) atoms. The van der Waals surface area contributed by atoms with Gasteiger partial charge in [-0.15, -0.1) is 0 Å². The number of anilines is 2. The molecule has 106 valence electrons. The van der Waals surface area contributed by atoms with Crippen LogP contribution in [-0.2, 0) is 4.74 Å². The summed E-state index contributed by atoms with van der Waals surface area (Å²) in [5.41, 5.74) is 0.858. The van der Waals surface area contributed by atoms with Crippen LogP contribution in [0, 0.1) is 0 Å². The lowest BCUT2D eigenvalue weighted by Crippen LogP contribution is -2.16. The SMILES string of the molecule is CC.CCOC(=O)Nc1ccc(NC)cc1C(=O)O. The van der Waals surface area contributed by atoms with Gasteiger partial charge >= 0.3 is 12.1 Å². The van der Waals surface area contributed by atoms with Gasteiger partial charge in [0.05, 0.1) is 17.9 Å². The Labute approximate surface area is 112 Å². The number of carbonyl (C=O) groups excluding carboxylic acids is 1. The molecule has 3 N–H and O–H groups in total. The lowest BCUT2D eigenvalue weighted by molar-refractivity contribution is 0.0698. The van der Waals surface area contributed by atoms with Crippen LogP contribution in [0.1, 0.15) is 31.1 Å². The van der Waals surface area contributed by atoms with Crippen molar-refractivity contribution in [3.63, 3.8) is 0 Å². The van der Waals surface area contributed by atoms with Crippen LogP contribution in [0.3, 0.4) is 0 Å². The summed E-state index contributed by atoms with van der Waals surface area (Å²) in [7, 11) is 1.68. The van der Waals surface area contributed by atoms with E-state index in [-0.39, 0.29) is 17.9 Å². The highest BCUT2D eigenvalue weighted by Crippen LogP contribution is 2.20.